The predicted molar refractivity (Wildman–Crippen MR) is 42.6 cm³/mol. The second-order valence-electron chi connectivity index (χ2n) is 2.80. The first-order chi connectivity index (χ1) is 4.33. The molecular weight excluding hydrogens is 195 g/mol. The molecule has 2 nitrogen and oxygen atoms in total. The fraction of sp³-hybridized carbons (Fsp3) is 1.00. The van der Waals surface area contributed by atoms with E-state index in [1.807, 2.05) is 0 Å². The average molecular weight is 203 g/mol. The lowest BCUT2D eigenvalue weighted by atomic mass is 10.1. The topological polar surface area (TPSA) is 34.1 Å². The van der Waals surface area contributed by atoms with Gasteiger partial charge in [-0.15, -0.1) is 23.2 Å². The molecule has 0 N–H and O–H groups in total. The number of hydrogen-bond donors (Lipinski definition) is 0. The second-order valence-corrected chi connectivity index (χ2v) is 6.30. The zero-order valence-corrected chi connectivity index (χ0v) is 7.80. The van der Waals surface area contributed by atoms with Gasteiger partial charge < -0.3 is 0 Å². The first-order valence-corrected chi connectivity index (χ1v) is 5.50. The van der Waals surface area contributed by atoms with Gasteiger partial charge in [-0.1, -0.05) is 0 Å². The summed E-state index contributed by atoms with van der Waals surface area (Å²) in [6.07, 6.45) is 0. The Balaban J connectivity index is 2.92. The normalized spacial score (nSPS) is 45.7. The molecule has 0 aromatic heterocycles. The zero-order chi connectivity index (χ0) is 7.99. The summed E-state index contributed by atoms with van der Waals surface area (Å²) < 4.78 is 21.8. The first kappa shape index (κ1) is 8.62. The maximum atomic E-state index is 10.9. The fourth-order valence-electron chi connectivity index (χ4n) is 0.976. The Kier molecular flexibility index (Phi) is 1.95. The van der Waals surface area contributed by atoms with Gasteiger partial charge in [-0.25, -0.2) is 8.42 Å². The van der Waals surface area contributed by atoms with E-state index in [0.29, 0.717) is 0 Å². The van der Waals surface area contributed by atoms with E-state index in [1.165, 1.54) is 0 Å². The van der Waals surface area contributed by atoms with Gasteiger partial charge in [-0.2, -0.15) is 0 Å². The van der Waals surface area contributed by atoms with E-state index in [2.05, 4.69) is 0 Å². The summed E-state index contributed by atoms with van der Waals surface area (Å²) in [4.78, 5) is -0.764. The van der Waals surface area contributed by atoms with Crippen LogP contribution in [0.1, 0.15) is 6.92 Å². The highest BCUT2D eigenvalue weighted by Crippen LogP contribution is 2.33. The second kappa shape index (κ2) is 2.26. The van der Waals surface area contributed by atoms with Crippen molar-refractivity contribution in [1.29, 1.82) is 0 Å². The number of hydrogen-bond acceptors (Lipinski definition) is 2. The maximum absolute atomic E-state index is 10.9. The first-order valence-electron chi connectivity index (χ1n) is 2.87. The molecule has 0 spiro atoms. The molecule has 1 aliphatic rings. The van der Waals surface area contributed by atoms with Gasteiger partial charge in [-0.3, -0.25) is 0 Å². The van der Waals surface area contributed by atoms with Crippen molar-refractivity contribution in [3.05, 3.63) is 0 Å². The summed E-state index contributed by atoms with van der Waals surface area (Å²) in [7, 11) is -2.97. The largest absolute Gasteiger partial charge is 0.229 e. The van der Waals surface area contributed by atoms with Crippen LogP contribution in [0.25, 0.3) is 0 Å². The van der Waals surface area contributed by atoms with Gasteiger partial charge in [0.1, 0.15) is 0 Å². The smallest absolute Gasteiger partial charge is 0.153 e. The van der Waals surface area contributed by atoms with Gasteiger partial charge >= 0.3 is 0 Å². The van der Waals surface area contributed by atoms with Crippen molar-refractivity contribution in [2.45, 2.75) is 17.2 Å². The lowest BCUT2D eigenvalue weighted by Crippen LogP contribution is -2.26. The molecular formula is C5H8Cl2O2S. The molecule has 1 rings (SSSR count). The highest BCUT2D eigenvalue weighted by Gasteiger charge is 2.44. The Morgan fingerprint density at radius 3 is 2.20 bits per heavy atom. The van der Waals surface area contributed by atoms with Crippen molar-refractivity contribution in [1.82, 2.24) is 0 Å². The van der Waals surface area contributed by atoms with Crippen molar-refractivity contribution in [3.63, 3.8) is 0 Å². The van der Waals surface area contributed by atoms with Crippen LogP contribution in [0, 0.1) is 0 Å². The fourth-order valence-corrected chi connectivity index (χ4v) is 4.38. The summed E-state index contributed by atoms with van der Waals surface area (Å²) in [6, 6.07) is 0. The van der Waals surface area contributed by atoms with Crippen molar-refractivity contribution in [2.75, 3.05) is 11.5 Å². The van der Waals surface area contributed by atoms with Crippen LogP contribution < -0.4 is 0 Å². The molecule has 1 aliphatic heterocycles. The monoisotopic (exact) mass is 202 g/mol. The quantitative estimate of drug-likeness (QED) is 0.551. The molecule has 0 amide bonds. The average Bonchev–Trinajstić information content (AvgIpc) is 1.73. The number of rotatable bonds is 0. The maximum Gasteiger partial charge on any atom is 0.153 e. The van der Waals surface area contributed by atoms with Gasteiger partial charge in [-0.05, 0) is 6.92 Å². The SMILES string of the molecule is C[C@@]1(Cl)CS(=O)(=O)C[C@@H]1Cl. The van der Waals surface area contributed by atoms with Crippen LogP contribution in [0.3, 0.4) is 0 Å². The van der Waals surface area contributed by atoms with Crippen molar-refractivity contribution >= 4 is 33.0 Å². The minimum Gasteiger partial charge on any atom is -0.229 e. The molecule has 0 aromatic rings. The molecule has 0 radical (unpaired) electrons. The van der Waals surface area contributed by atoms with Crippen LogP contribution in [0.2, 0.25) is 0 Å². The standard InChI is InChI=1S/C5H8Cl2O2S/c1-5(7)3-10(8,9)2-4(5)6/h4H,2-3H2,1H3/t4-,5+/m0/s1. The Bertz CT molecular complexity index is 232. The molecule has 0 aliphatic carbocycles. The summed E-state index contributed by atoms with van der Waals surface area (Å²) in [5, 5.41) is -0.445. The van der Waals surface area contributed by atoms with E-state index in [1.54, 1.807) is 6.92 Å². The van der Waals surface area contributed by atoms with E-state index in [9.17, 15) is 8.42 Å². The lowest BCUT2D eigenvalue weighted by molar-refractivity contribution is 0.601. The summed E-state index contributed by atoms with van der Waals surface area (Å²) in [6.45, 7) is 1.65. The molecule has 0 saturated carbocycles. The number of sulfone groups is 1. The van der Waals surface area contributed by atoms with Gasteiger partial charge in [0.05, 0.1) is 21.8 Å². The Morgan fingerprint density at radius 1 is 1.60 bits per heavy atom. The van der Waals surface area contributed by atoms with Crippen LogP contribution in [0.15, 0.2) is 0 Å². The number of halogens is 2. The van der Waals surface area contributed by atoms with Crippen molar-refractivity contribution in [3.8, 4) is 0 Å². The van der Waals surface area contributed by atoms with Crippen LogP contribution in [0.4, 0.5) is 0 Å². The minimum absolute atomic E-state index is 0.00424. The third kappa shape index (κ3) is 1.57. The van der Waals surface area contributed by atoms with Crippen molar-refractivity contribution < 1.29 is 8.42 Å². The summed E-state index contributed by atoms with van der Waals surface area (Å²) in [5.41, 5.74) is 0. The Morgan fingerprint density at radius 2 is 2.10 bits per heavy atom. The summed E-state index contributed by atoms with van der Waals surface area (Å²) in [5.74, 6) is 0.00424. The van der Waals surface area contributed by atoms with Crippen molar-refractivity contribution in [2.24, 2.45) is 0 Å². The highest BCUT2D eigenvalue weighted by molar-refractivity contribution is 7.92. The van der Waals surface area contributed by atoms with Gasteiger partial charge in [0.2, 0.25) is 0 Å². The van der Waals surface area contributed by atoms with E-state index in [-0.39, 0.29) is 11.5 Å². The number of alkyl halides is 2. The molecule has 1 saturated heterocycles. The molecule has 0 unspecified atom stereocenters. The van der Waals surface area contributed by atoms with E-state index in [0.717, 1.165) is 0 Å². The molecule has 0 aromatic carbocycles. The molecule has 5 heteroatoms. The third-order valence-electron chi connectivity index (χ3n) is 1.56. The van der Waals surface area contributed by atoms with Crippen LogP contribution >= 0.6 is 23.2 Å². The predicted octanol–water partition coefficient (Wildman–Crippen LogP) is 1.02. The van der Waals surface area contributed by atoms with Crippen LogP contribution in [0.5, 0.6) is 0 Å². The molecule has 1 heterocycles. The van der Waals surface area contributed by atoms with E-state index < -0.39 is 20.1 Å². The van der Waals surface area contributed by atoms with Crippen LogP contribution in [-0.2, 0) is 9.84 Å². The molecule has 2 atom stereocenters. The summed E-state index contributed by atoms with van der Waals surface area (Å²) >= 11 is 11.5. The van der Waals surface area contributed by atoms with Gasteiger partial charge in [0, 0.05) is 0 Å². The van der Waals surface area contributed by atoms with Gasteiger partial charge in [0.25, 0.3) is 0 Å². The van der Waals surface area contributed by atoms with E-state index in [4.69, 9.17) is 23.2 Å². The zero-order valence-electron chi connectivity index (χ0n) is 5.47. The highest BCUT2D eigenvalue weighted by atomic mass is 35.5. The van der Waals surface area contributed by atoms with E-state index >= 15 is 0 Å². The third-order valence-corrected chi connectivity index (χ3v) is 4.92. The van der Waals surface area contributed by atoms with Crippen LogP contribution in [-0.4, -0.2) is 30.2 Å². The molecule has 10 heavy (non-hydrogen) atoms. The Hall–Kier alpha value is 0.530. The molecule has 60 valence electrons. The molecule has 0 bridgehead atoms. The minimum atomic E-state index is -2.97. The lowest BCUT2D eigenvalue weighted by Gasteiger charge is -2.15. The Labute approximate surface area is 70.4 Å². The van der Waals surface area contributed by atoms with Gasteiger partial charge in [0.15, 0.2) is 9.84 Å². The molecule has 1 fully saturated rings.